The van der Waals surface area contributed by atoms with Gasteiger partial charge in [-0.05, 0) is 49.2 Å². The van der Waals surface area contributed by atoms with E-state index in [-0.39, 0.29) is 6.04 Å². The molecule has 0 amide bonds. The Balaban J connectivity index is 1.41. The van der Waals surface area contributed by atoms with Crippen LogP contribution in [0.4, 0.5) is 11.4 Å². The molecule has 0 aliphatic carbocycles. The Bertz CT molecular complexity index is 1000. The monoisotopic (exact) mass is 372 g/mol. The molecule has 1 fully saturated rings. The molecule has 0 saturated carbocycles. The molecule has 4 N–H and O–H groups in total. The molecule has 6 nitrogen and oxygen atoms in total. The van der Waals surface area contributed by atoms with Crippen LogP contribution in [0.1, 0.15) is 18.5 Å². The first-order valence-electron chi connectivity index (χ1n) is 9.50. The van der Waals surface area contributed by atoms with Crippen LogP contribution in [-0.4, -0.2) is 35.3 Å². The zero-order chi connectivity index (χ0) is 19.3. The first kappa shape index (κ1) is 18.0. The molecule has 4 rings (SSSR count). The first-order valence-corrected chi connectivity index (χ1v) is 9.50. The van der Waals surface area contributed by atoms with Gasteiger partial charge in [0.25, 0.3) is 0 Å². The Morgan fingerprint density at radius 1 is 1.04 bits per heavy atom. The lowest BCUT2D eigenvalue weighted by Gasteiger charge is -2.32. The minimum Gasteiger partial charge on any atom is -0.404 e. The highest BCUT2D eigenvalue weighted by atomic mass is 15.1. The number of anilines is 2. The van der Waals surface area contributed by atoms with Crippen molar-refractivity contribution in [1.82, 2.24) is 9.97 Å². The summed E-state index contributed by atoms with van der Waals surface area (Å²) in [5.41, 5.74) is 16.9. The molecule has 2 aromatic carbocycles. The zero-order valence-electron chi connectivity index (χ0n) is 15.7. The predicted octanol–water partition coefficient (Wildman–Crippen LogP) is 3.25. The molecule has 0 bridgehead atoms. The van der Waals surface area contributed by atoms with E-state index in [9.17, 15) is 0 Å². The van der Waals surface area contributed by atoms with Crippen LogP contribution in [0.15, 0.2) is 65.9 Å². The highest BCUT2D eigenvalue weighted by Gasteiger charge is 2.18. The van der Waals surface area contributed by atoms with Crippen molar-refractivity contribution in [3.05, 3.63) is 66.6 Å². The largest absolute Gasteiger partial charge is 0.404 e. The normalized spacial score (nSPS) is 16.1. The fourth-order valence-corrected chi connectivity index (χ4v) is 3.43. The van der Waals surface area contributed by atoms with Crippen LogP contribution in [0.25, 0.3) is 16.6 Å². The van der Waals surface area contributed by atoms with Crippen LogP contribution in [0.5, 0.6) is 0 Å². The van der Waals surface area contributed by atoms with E-state index in [1.165, 1.54) is 5.69 Å². The van der Waals surface area contributed by atoms with Gasteiger partial charge in [-0.25, -0.2) is 4.98 Å². The molecule has 0 unspecified atom stereocenters. The number of hydrogen-bond donors (Lipinski definition) is 2. The van der Waals surface area contributed by atoms with E-state index in [1.807, 2.05) is 42.6 Å². The van der Waals surface area contributed by atoms with E-state index in [0.717, 1.165) is 53.9 Å². The number of piperidine rings is 1. The second-order valence-corrected chi connectivity index (χ2v) is 6.95. The molecule has 6 heteroatoms. The lowest BCUT2D eigenvalue weighted by molar-refractivity contribution is 0.505. The molecular formula is C22H24N6. The van der Waals surface area contributed by atoms with Crippen molar-refractivity contribution in [2.45, 2.75) is 18.9 Å². The van der Waals surface area contributed by atoms with Crippen LogP contribution >= 0.6 is 0 Å². The van der Waals surface area contributed by atoms with Crippen molar-refractivity contribution in [3.8, 4) is 0 Å². The number of benzene rings is 2. The third-order valence-electron chi connectivity index (χ3n) is 5.07. The molecule has 1 saturated heterocycles. The Morgan fingerprint density at radius 2 is 1.75 bits per heavy atom. The number of fused-ring (bicyclic) bond motifs is 1. The minimum absolute atomic E-state index is 0.286. The van der Waals surface area contributed by atoms with E-state index in [2.05, 4.69) is 27.0 Å². The maximum Gasteiger partial charge on any atom is 0.0922 e. The summed E-state index contributed by atoms with van der Waals surface area (Å²) >= 11 is 0. The lowest BCUT2D eigenvalue weighted by Crippen LogP contribution is -2.35. The smallest absolute Gasteiger partial charge is 0.0922 e. The lowest BCUT2D eigenvalue weighted by atomic mass is 10.0. The van der Waals surface area contributed by atoms with Crippen molar-refractivity contribution in [2.75, 3.05) is 23.7 Å². The maximum absolute atomic E-state index is 5.84. The molecule has 1 aromatic heterocycles. The Morgan fingerprint density at radius 3 is 2.46 bits per heavy atom. The van der Waals surface area contributed by atoms with Gasteiger partial charge in [-0.1, -0.05) is 12.1 Å². The average molecular weight is 372 g/mol. The van der Waals surface area contributed by atoms with Crippen LogP contribution in [-0.2, 0) is 0 Å². The number of aromatic nitrogens is 2. The van der Waals surface area contributed by atoms with Gasteiger partial charge in [0.2, 0.25) is 0 Å². The van der Waals surface area contributed by atoms with E-state index >= 15 is 0 Å². The number of allylic oxidation sites excluding steroid dienone is 1. The number of nitrogen functional groups attached to an aromatic ring is 1. The quantitative estimate of drug-likeness (QED) is 0.542. The van der Waals surface area contributed by atoms with Crippen molar-refractivity contribution in [1.29, 1.82) is 0 Å². The van der Waals surface area contributed by atoms with Crippen molar-refractivity contribution in [3.63, 3.8) is 0 Å². The Kier molecular flexibility index (Phi) is 5.19. The third-order valence-corrected chi connectivity index (χ3v) is 5.07. The van der Waals surface area contributed by atoms with Crippen molar-refractivity contribution in [2.24, 2.45) is 10.7 Å². The molecular weight excluding hydrogens is 348 g/mol. The fourth-order valence-electron chi connectivity index (χ4n) is 3.43. The number of para-hydroxylation sites is 2. The molecule has 1 aliphatic heterocycles. The minimum atomic E-state index is 0.286. The molecule has 0 radical (unpaired) electrons. The highest BCUT2D eigenvalue weighted by Crippen LogP contribution is 2.23. The van der Waals surface area contributed by atoms with Gasteiger partial charge in [0.1, 0.15) is 0 Å². The number of nitrogens with zero attached hydrogens (tertiary/aromatic N) is 4. The predicted molar refractivity (Wildman–Crippen MR) is 116 cm³/mol. The standard InChI is InChI=1S/C22H24N6/c23-13-16(22-15-26-20-3-1-2-4-21(20)27-22)14-25-18-9-11-28(12-10-18)19-7-5-17(24)6-8-19/h1-8,13-15,18H,9-12,23-24H2. The second-order valence-electron chi connectivity index (χ2n) is 6.95. The summed E-state index contributed by atoms with van der Waals surface area (Å²) in [6.45, 7) is 1.95. The molecule has 0 atom stereocenters. The molecule has 2 heterocycles. The van der Waals surface area contributed by atoms with Crippen molar-refractivity contribution < 1.29 is 0 Å². The van der Waals surface area contributed by atoms with Gasteiger partial charge in [-0.15, -0.1) is 0 Å². The van der Waals surface area contributed by atoms with Gasteiger partial charge in [0, 0.05) is 42.5 Å². The Labute approximate surface area is 164 Å². The number of nitrogens with two attached hydrogens (primary N) is 2. The maximum atomic E-state index is 5.84. The van der Waals surface area contributed by atoms with Gasteiger partial charge in [0.05, 0.1) is 29.0 Å². The molecule has 3 aromatic rings. The summed E-state index contributed by atoms with van der Waals surface area (Å²) in [5, 5.41) is 0. The third kappa shape index (κ3) is 3.96. The van der Waals surface area contributed by atoms with Crippen molar-refractivity contribution >= 4 is 34.2 Å². The molecule has 142 valence electrons. The summed E-state index contributed by atoms with van der Waals surface area (Å²) in [7, 11) is 0. The number of hydrogen-bond acceptors (Lipinski definition) is 6. The summed E-state index contributed by atoms with van der Waals surface area (Å²) < 4.78 is 0. The van der Waals surface area contributed by atoms with Crippen LogP contribution in [0.2, 0.25) is 0 Å². The summed E-state index contributed by atoms with van der Waals surface area (Å²) in [6, 6.07) is 16.1. The summed E-state index contributed by atoms with van der Waals surface area (Å²) in [5.74, 6) is 0. The topological polar surface area (TPSA) is 93.4 Å². The molecule has 1 aliphatic rings. The second kappa shape index (κ2) is 8.08. The van der Waals surface area contributed by atoms with E-state index < -0.39 is 0 Å². The van der Waals surface area contributed by atoms with Crippen LogP contribution < -0.4 is 16.4 Å². The van der Waals surface area contributed by atoms with Crippen LogP contribution in [0.3, 0.4) is 0 Å². The SMILES string of the molecule is NC=C(C=NC1CCN(c2ccc(N)cc2)CC1)c1cnc2ccccc2n1. The van der Waals surface area contributed by atoms with E-state index in [4.69, 9.17) is 16.5 Å². The van der Waals surface area contributed by atoms with E-state index in [1.54, 1.807) is 12.4 Å². The fraction of sp³-hybridized carbons (Fsp3) is 0.227. The highest BCUT2D eigenvalue weighted by molar-refractivity contribution is 6.09. The van der Waals surface area contributed by atoms with Gasteiger partial charge in [-0.3, -0.25) is 9.98 Å². The molecule has 28 heavy (non-hydrogen) atoms. The molecule has 0 spiro atoms. The van der Waals surface area contributed by atoms with Gasteiger partial charge >= 0.3 is 0 Å². The van der Waals surface area contributed by atoms with Gasteiger partial charge in [0.15, 0.2) is 0 Å². The average Bonchev–Trinajstić information content (AvgIpc) is 2.75. The van der Waals surface area contributed by atoms with E-state index in [0.29, 0.717) is 0 Å². The van der Waals surface area contributed by atoms with Gasteiger partial charge < -0.3 is 16.4 Å². The van der Waals surface area contributed by atoms with Crippen LogP contribution in [0, 0.1) is 0 Å². The first-order chi connectivity index (χ1) is 13.7. The van der Waals surface area contributed by atoms with Gasteiger partial charge in [-0.2, -0.15) is 0 Å². The summed E-state index contributed by atoms with van der Waals surface area (Å²) in [6.07, 6.45) is 7.13. The number of rotatable bonds is 4. The Hall–Kier alpha value is -3.41. The summed E-state index contributed by atoms with van der Waals surface area (Å²) in [4.78, 5) is 16.2. The number of aliphatic imine (C=N–C) groups is 1. The zero-order valence-corrected chi connectivity index (χ0v) is 15.7.